The summed E-state index contributed by atoms with van der Waals surface area (Å²) < 4.78 is 0. The molecule has 1 saturated heterocycles. The van der Waals surface area contributed by atoms with Crippen molar-refractivity contribution in [3.05, 3.63) is 12.7 Å². The van der Waals surface area contributed by atoms with Crippen molar-refractivity contribution in [3.63, 3.8) is 0 Å². The number of hydrogen-bond donors (Lipinski definition) is 2. The zero-order chi connectivity index (χ0) is 10.8. The third kappa shape index (κ3) is 2.58. The number of nitrogens with one attached hydrogen (secondary N) is 2. The molecule has 1 rings (SSSR count). The van der Waals surface area contributed by atoms with Crippen molar-refractivity contribution in [3.8, 4) is 0 Å². The van der Waals surface area contributed by atoms with Gasteiger partial charge in [-0.2, -0.15) is 0 Å². The van der Waals surface area contributed by atoms with E-state index in [2.05, 4.69) is 38.0 Å². The van der Waals surface area contributed by atoms with Gasteiger partial charge in [0.25, 0.3) is 0 Å². The summed E-state index contributed by atoms with van der Waals surface area (Å²) in [5.41, 5.74) is -0.160. The van der Waals surface area contributed by atoms with Gasteiger partial charge in [0.05, 0.1) is 0 Å². The van der Waals surface area contributed by atoms with Gasteiger partial charge in [-0.25, -0.2) is 0 Å². The normalized spacial score (nSPS) is 27.9. The Kier molecular flexibility index (Phi) is 3.32. The Morgan fingerprint density at radius 1 is 1.71 bits per heavy atom. The molecule has 0 spiro atoms. The summed E-state index contributed by atoms with van der Waals surface area (Å²) >= 11 is 0. The van der Waals surface area contributed by atoms with E-state index in [-0.39, 0.29) is 17.5 Å². The second-order valence-electron chi connectivity index (χ2n) is 4.55. The molecule has 3 nitrogen and oxygen atoms in total. The maximum absolute atomic E-state index is 11.2. The van der Waals surface area contributed by atoms with E-state index >= 15 is 0 Å². The molecule has 2 unspecified atom stereocenters. The number of carbonyl (C=O) groups is 1. The van der Waals surface area contributed by atoms with Gasteiger partial charge in [0.1, 0.15) is 0 Å². The maximum atomic E-state index is 11.2. The fourth-order valence-electron chi connectivity index (χ4n) is 1.82. The minimum Gasteiger partial charge on any atom is -0.350 e. The molecule has 0 aromatic heterocycles. The fourth-order valence-corrected chi connectivity index (χ4v) is 1.82. The van der Waals surface area contributed by atoms with Gasteiger partial charge in [-0.05, 0) is 27.2 Å². The average molecular weight is 196 g/mol. The van der Waals surface area contributed by atoms with Crippen LogP contribution < -0.4 is 10.6 Å². The summed E-state index contributed by atoms with van der Waals surface area (Å²) in [5.74, 6) is 0.152. The standard InChI is InChI=1S/C11H20N2O/c1-5-8(2)12-9-6-7-10(14)13-11(9,3)4/h5,8-9,12H,1,6-7H2,2-4H3,(H,13,14). The smallest absolute Gasteiger partial charge is 0.220 e. The Hall–Kier alpha value is -0.830. The SMILES string of the molecule is C=CC(C)NC1CCC(=O)NC1(C)C. The summed E-state index contributed by atoms with van der Waals surface area (Å²) in [4.78, 5) is 11.2. The van der Waals surface area contributed by atoms with Crippen LogP contribution in [-0.4, -0.2) is 23.5 Å². The van der Waals surface area contributed by atoms with Gasteiger partial charge in [0.15, 0.2) is 0 Å². The van der Waals surface area contributed by atoms with Crippen molar-refractivity contribution in [1.82, 2.24) is 10.6 Å². The van der Waals surface area contributed by atoms with E-state index in [1.54, 1.807) is 0 Å². The highest BCUT2D eigenvalue weighted by molar-refractivity contribution is 5.77. The molecule has 3 heteroatoms. The molecule has 1 amide bonds. The van der Waals surface area contributed by atoms with Crippen LogP contribution in [0, 0.1) is 0 Å². The summed E-state index contributed by atoms with van der Waals surface area (Å²) in [6.07, 6.45) is 3.40. The van der Waals surface area contributed by atoms with Crippen LogP contribution in [0.1, 0.15) is 33.6 Å². The van der Waals surface area contributed by atoms with Crippen LogP contribution in [-0.2, 0) is 4.79 Å². The zero-order valence-corrected chi connectivity index (χ0v) is 9.26. The van der Waals surface area contributed by atoms with Crippen LogP contribution in [0.5, 0.6) is 0 Å². The van der Waals surface area contributed by atoms with E-state index in [0.29, 0.717) is 12.5 Å². The fraction of sp³-hybridized carbons (Fsp3) is 0.727. The van der Waals surface area contributed by atoms with Crippen LogP contribution in [0.4, 0.5) is 0 Å². The minimum atomic E-state index is -0.160. The van der Waals surface area contributed by atoms with E-state index in [1.807, 2.05) is 6.08 Å². The van der Waals surface area contributed by atoms with Crippen LogP contribution in [0.2, 0.25) is 0 Å². The molecule has 0 bridgehead atoms. The molecule has 14 heavy (non-hydrogen) atoms. The predicted octanol–water partition coefficient (Wildman–Crippen LogP) is 1.21. The Labute approximate surface area is 86.0 Å². The number of rotatable bonds is 3. The van der Waals surface area contributed by atoms with Gasteiger partial charge in [0.2, 0.25) is 5.91 Å². The predicted molar refractivity (Wildman–Crippen MR) is 58.0 cm³/mol. The molecule has 0 aromatic rings. The van der Waals surface area contributed by atoms with Gasteiger partial charge < -0.3 is 10.6 Å². The molecule has 2 atom stereocenters. The number of hydrogen-bond acceptors (Lipinski definition) is 2. The molecule has 1 fully saturated rings. The van der Waals surface area contributed by atoms with Crippen LogP contribution in [0.3, 0.4) is 0 Å². The van der Waals surface area contributed by atoms with Gasteiger partial charge in [-0.3, -0.25) is 4.79 Å². The molecule has 0 aliphatic carbocycles. The largest absolute Gasteiger partial charge is 0.350 e. The Morgan fingerprint density at radius 2 is 2.36 bits per heavy atom. The van der Waals surface area contributed by atoms with E-state index in [0.717, 1.165) is 6.42 Å². The van der Waals surface area contributed by atoms with E-state index < -0.39 is 0 Å². The third-order valence-electron chi connectivity index (χ3n) is 2.81. The highest BCUT2D eigenvalue weighted by atomic mass is 16.1. The van der Waals surface area contributed by atoms with Crippen molar-refractivity contribution >= 4 is 5.91 Å². The van der Waals surface area contributed by atoms with Crippen molar-refractivity contribution in [2.75, 3.05) is 0 Å². The molecule has 0 saturated carbocycles. The van der Waals surface area contributed by atoms with Crippen molar-refractivity contribution < 1.29 is 4.79 Å². The lowest BCUT2D eigenvalue weighted by Crippen LogP contribution is -2.62. The summed E-state index contributed by atoms with van der Waals surface area (Å²) in [6, 6.07) is 0.613. The molecule has 2 N–H and O–H groups in total. The van der Waals surface area contributed by atoms with Gasteiger partial charge in [-0.15, -0.1) is 6.58 Å². The Bertz CT molecular complexity index is 235. The monoisotopic (exact) mass is 196 g/mol. The first-order chi connectivity index (χ1) is 6.45. The van der Waals surface area contributed by atoms with Crippen molar-refractivity contribution in [2.45, 2.75) is 51.2 Å². The second kappa shape index (κ2) is 4.13. The van der Waals surface area contributed by atoms with Crippen LogP contribution in [0.15, 0.2) is 12.7 Å². The van der Waals surface area contributed by atoms with Crippen molar-refractivity contribution in [2.24, 2.45) is 0 Å². The number of carbonyl (C=O) groups excluding carboxylic acids is 1. The number of piperidine rings is 1. The molecule has 0 aromatic carbocycles. The van der Waals surface area contributed by atoms with Gasteiger partial charge in [-0.1, -0.05) is 6.08 Å². The molecule has 0 radical (unpaired) electrons. The quantitative estimate of drug-likeness (QED) is 0.666. The van der Waals surface area contributed by atoms with Gasteiger partial charge >= 0.3 is 0 Å². The topological polar surface area (TPSA) is 41.1 Å². The molecule has 1 aliphatic rings. The molecular formula is C11H20N2O. The number of amides is 1. The van der Waals surface area contributed by atoms with E-state index in [1.165, 1.54) is 0 Å². The first-order valence-corrected chi connectivity index (χ1v) is 5.15. The first kappa shape index (κ1) is 11.2. The third-order valence-corrected chi connectivity index (χ3v) is 2.81. The average Bonchev–Trinajstić information content (AvgIpc) is 2.08. The van der Waals surface area contributed by atoms with Crippen molar-refractivity contribution in [1.29, 1.82) is 0 Å². The highest BCUT2D eigenvalue weighted by Gasteiger charge is 2.35. The molecule has 1 heterocycles. The summed E-state index contributed by atoms with van der Waals surface area (Å²) in [7, 11) is 0. The van der Waals surface area contributed by atoms with E-state index in [4.69, 9.17) is 0 Å². The van der Waals surface area contributed by atoms with Crippen LogP contribution in [0.25, 0.3) is 0 Å². The first-order valence-electron chi connectivity index (χ1n) is 5.15. The highest BCUT2D eigenvalue weighted by Crippen LogP contribution is 2.20. The zero-order valence-electron chi connectivity index (χ0n) is 9.26. The Balaban J connectivity index is 2.60. The molecule has 80 valence electrons. The summed E-state index contributed by atoms with van der Waals surface area (Å²) in [6.45, 7) is 9.91. The second-order valence-corrected chi connectivity index (χ2v) is 4.55. The lowest BCUT2D eigenvalue weighted by molar-refractivity contribution is -0.125. The van der Waals surface area contributed by atoms with E-state index in [9.17, 15) is 4.79 Å². The summed E-state index contributed by atoms with van der Waals surface area (Å²) in [5, 5.41) is 6.45. The lowest BCUT2D eigenvalue weighted by atomic mass is 9.86. The molecular weight excluding hydrogens is 176 g/mol. The maximum Gasteiger partial charge on any atom is 0.220 e. The minimum absolute atomic E-state index is 0.152. The van der Waals surface area contributed by atoms with Gasteiger partial charge in [0, 0.05) is 24.0 Å². The molecule has 1 aliphatic heterocycles. The lowest BCUT2D eigenvalue weighted by Gasteiger charge is -2.40. The van der Waals surface area contributed by atoms with Crippen LogP contribution >= 0.6 is 0 Å². The Morgan fingerprint density at radius 3 is 2.86 bits per heavy atom.